The molecule has 0 saturated carbocycles. The lowest BCUT2D eigenvalue weighted by Crippen LogP contribution is -2.21. The van der Waals surface area contributed by atoms with Crippen LogP contribution in [0, 0.1) is 0 Å². The molecule has 0 N–H and O–H groups in total. The summed E-state index contributed by atoms with van der Waals surface area (Å²) in [5.74, 6) is 0.612. The van der Waals surface area contributed by atoms with Crippen molar-refractivity contribution in [3.63, 3.8) is 0 Å². The fourth-order valence-corrected chi connectivity index (χ4v) is 3.40. The largest absolute Gasteiger partial charge is 0.314 e. The highest BCUT2D eigenvalue weighted by Gasteiger charge is 2.17. The maximum absolute atomic E-state index is 12.6. The summed E-state index contributed by atoms with van der Waals surface area (Å²) >= 11 is 4.21. The van der Waals surface area contributed by atoms with Crippen LogP contribution in [0.5, 0.6) is 0 Å². The highest BCUT2D eigenvalue weighted by atomic mass is 32.1. The summed E-state index contributed by atoms with van der Waals surface area (Å²) in [6.07, 6.45) is 4.26. The first-order valence-corrected chi connectivity index (χ1v) is 8.94. The molecule has 0 aliphatic rings. The fourth-order valence-electron chi connectivity index (χ4n) is 3.19. The third-order valence-corrected chi connectivity index (χ3v) is 4.60. The minimum atomic E-state index is -0.0595. The summed E-state index contributed by atoms with van der Waals surface area (Å²) in [6.45, 7) is 2.65. The number of thiol groups is 1. The number of aryl methyl sites for hydroxylation is 2. The van der Waals surface area contributed by atoms with Crippen molar-refractivity contribution in [1.82, 2.24) is 19.2 Å². The standard InChI is InChI=1S/C19H18N4OS/c1-2-15-17(13-6-4-3-5-7-13)18-20-12-14-16(23(18)21-15)8-9-22(10-11-25)19(14)24/h3-9,12,25H,2,10-11H2,1H3. The number of aromatic nitrogens is 4. The van der Waals surface area contributed by atoms with Crippen molar-refractivity contribution in [3.05, 3.63) is 64.8 Å². The number of pyridine rings is 1. The van der Waals surface area contributed by atoms with Crippen LogP contribution in [-0.4, -0.2) is 24.9 Å². The van der Waals surface area contributed by atoms with Gasteiger partial charge in [-0.1, -0.05) is 37.3 Å². The molecule has 0 spiro atoms. The predicted molar refractivity (Wildman–Crippen MR) is 103 cm³/mol. The van der Waals surface area contributed by atoms with Crippen LogP contribution in [0.1, 0.15) is 12.6 Å². The fraction of sp³-hybridized carbons (Fsp3) is 0.211. The quantitative estimate of drug-likeness (QED) is 0.575. The van der Waals surface area contributed by atoms with E-state index in [1.807, 2.05) is 24.3 Å². The molecule has 3 aromatic heterocycles. The van der Waals surface area contributed by atoms with Gasteiger partial charge in [0.2, 0.25) is 0 Å². The molecule has 0 bridgehead atoms. The van der Waals surface area contributed by atoms with Gasteiger partial charge in [0.05, 0.1) is 16.6 Å². The Morgan fingerprint density at radius 2 is 1.96 bits per heavy atom. The first kappa shape index (κ1) is 15.9. The Hall–Kier alpha value is -2.60. The van der Waals surface area contributed by atoms with Gasteiger partial charge >= 0.3 is 0 Å². The first-order valence-electron chi connectivity index (χ1n) is 8.30. The molecule has 0 amide bonds. The van der Waals surface area contributed by atoms with Gasteiger partial charge in [-0.3, -0.25) is 4.79 Å². The second-order valence-corrected chi connectivity index (χ2v) is 6.32. The van der Waals surface area contributed by atoms with Crippen LogP contribution < -0.4 is 5.56 Å². The Bertz CT molecular complexity index is 1120. The van der Waals surface area contributed by atoms with Crippen LogP contribution in [-0.2, 0) is 13.0 Å². The molecule has 1 aromatic carbocycles. The maximum atomic E-state index is 12.6. The Balaban J connectivity index is 2.05. The zero-order valence-electron chi connectivity index (χ0n) is 13.9. The Morgan fingerprint density at radius 1 is 1.16 bits per heavy atom. The summed E-state index contributed by atoms with van der Waals surface area (Å²) < 4.78 is 3.45. The third-order valence-electron chi connectivity index (χ3n) is 4.40. The zero-order valence-corrected chi connectivity index (χ0v) is 14.8. The Kier molecular flexibility index (Phi) is 4.05. The summed E-state index contributed by atoms with van der Waals surface area (Å²) in [5.41, 5.74) is 4.60. The Morgan fingerprint density at radius 3 is 2.68 bits per heavy atom. The monoisotopic (exact) mass is 350 g/mol. The molecule has 0 aliphatic heterocycles. The smallest absolute Gasteiger partial charge is 0.261 e. The van der Waals surface area contributed by atoms with E-state index in [0.717, 1.165) is 34.4 Å². The van der Waals surface area contributed by atoms with Gasteiger partial charge in [0.15, 0.2) is 5.65 Å². The van der Waals surface area contributed by atoms with Crippen molar-refractivity contribution in [2.75, 3.05) is 5.75 Å². The number of benzene rings is 1. The van der Waals surface area contributed by atoms with E-state index in [1.54, 1.807) is 21.5 Å². The van der Waals surface area contributed by atoms with Gasteiger partial charge in [0.25, 0.3) is 5.56 Å². The second kappa shape index (κ2) is 6.37. The van der Waals surface area contributed by atoms with Crippen molar-refractivity contribution < 1.29 is 0 Å². The van der Waals surface area contributed by atoms with Gasteiger partial charge in [-0.2, -0.15) is 17.7 Å². The predicted octanol–water partition coefficient (Wildman–Crippen LogP) is 3.20. The maximum Gasteiger partial charge on any atom is 0.261 e. The van der Waals surface area contributed by atoms with E-state index in [0.29, 0.717) is 17.7 Å². The van der Waals surface area contributed by atoms with E-state index in [1.165, 1.54) is 0 Å². The van der Waals surface area contributed by atoms with E-state index >= 15 is 0 Å². The van der Waals surface area contributed by atoms with Gasteiger partial charge < -0.3 is 4.57 Å². The molecule has 6 heteroatoms. The summed E-state index contributed by atoms with van der Waals surface area (Å²) in [7, 11) is 0. The van der Waals surface area contributed by atoms with Gasteiger partial charge in [0.1, 0.15) is 0 Å². The molecule has 0 saturated heterocycles. The molecule has 0 unspecified atom stereocenters. The molecule has 4 aromatic rings. The highest BCUT2D eigenvalue weighted by molar-refractivity contribution is 7.80. The normalized spacial score (nSPS) is 11.4. The lowest BCUT2D eigenvalue weighted by atomic mass is 10.0. The number of hydrogen-bond acceptors (Lipinski definition) is 4. The van der Waals surface area contributed by atoms with E-state index in [-0.39, 0.29) is 5.56 Å². The first-order chi connectivity index (χ1) is 12.2. The van der Waals surface area contributed by atoms with Crippen molar-refractivity contribution in [1.29, 1.82) is 0 Å². The number of hydrogen-bond donors (Lipinski definition) is 1. The minimum absolute atomic E-state index is 0.0595. The van der Waals surface area contributed by atoms with Gasteiger partial charge in [-0.15, -0.1) is 0 Å². The van der Waals surface area contributed by atoms with Crippen LogP contribution in [0.15, 0.2) is 53.6 Å². The summed E-state index contributed by atoms with van der Waals surface area (Å²) in [6, 6.07) is 12.1. The molecule has 126 valence electrons. The molecule has 3 heterocycles. The second-order valence-electron chi connectivity index (χ2n) is 5.87. The molecule has 0 aliphatic carbocycles. The van der Waals surface area contributed by atoms with E-state index in [9.17, 15) is 4.79 Å². The van der Waals surface area contributed by atoms with Crippen molar-refractivity contribution in [2.45, 2.75) is 19.9 Å². The van der Waals surface area contributed by atoms with Crippen LogP contribution in [0.25, 0.3) is 27.7 Å². The average molecular weight is 350 g/mol. The number of nitrogens with zero attached hydrogens (tertiary/aromatic N) is 4. The van der Waals surface area contributed by atoms with Gasteiger partial charge in [-0.05, 0) is 18.1 Å². The molecule has 25 heavy (non-hydrogen) atoms. The molecule has 0 atom stereocenters. The molecule has 0 fully saturated rings. The van der Waals surface area contributed by atoms with E-state index in [2.05, 4.69) is 36.7 Å². The number of rotatable bonds is 4. The van der Waals surface area contributed by atoms with Crippen LogP contribution in [0.4, 0.5) is 0 Å². The molecular weight excluding hydrogens is 332 g/mol. The summed E-state index contributed by atoms with van der Waals surface area (Å²) in [5, 5.41) is 5.31. The molecule has 5 nitrogen and oxygen atoms in total. The van der Waals surface area contributed by atoms with E-state index in [4.69, 9.17) is 5.10 Å². The Labute approximate surface area is 150 Å². The highest BCUT2D eigenvalue weighted by Crippen LogP contribution is 2.29. The van der Waals surface area contributed by atoms with Crippen molar-refractivity contribution >= 4 is 29.2 Å². The third kappa shape index (κ3) is 2.53. The molecular formula is C19H18N4OS. The lowest BCUT2D eigenvalue weighted by Gasteiger charge is -2.06. The molecule has 0 radical (unpaired) electrons. The lowest BCUT2D eigenvalue weighted by molar-refractivity contribution is 0.742. The van der Waals surface area contributed by atoms with Crippen molar-refractivity contribution in [3.8, 4) is 11.1 Å². The molecule has 4 rings (SSSR count). The zero-order chi connectivity index (χ0) is 17.4. The number of fused-ring (bicyclic) bond motifs is 3. The van der Waals surface area contributed by atoms with Crippen LogP contribution in [0.2, 0.25) is 0 Å². The van der Waals surface area contributed by atoms with Crippen molar-refractivity contribution in [2.24, 2.45) is 0 Å². The van der Waals surface area contributed by atoms with Gasteiger partial charge in [-0.25, -0.2) is 9.50 Å². The topological polar surface area (TPSA) is 52.2 Å². The SMILES string of the molecule is CCc1nn2c(ncc3c(=O)n(CCS)ccc32)c1-c1ccccc1. The minimum Gasteiger partial charge on any atom is -0.314 e. The summed E-state index contributed by atoms with van der Waals surface area (Å²) in [4.78, 5) is 17.2. The van der Waals surface area contributed by atoms with Crippen LogP contribution in [0.3, 0.4) is 0 Å². The van der Waals surface area contributed by atoms with Gasteiger partial charge in [0, 0.05) is 30.3 Å². The van der Waals surface area contributed by atoms with Crippen LogP contribution >= 0.6 is 12.6 Å². The van der Waals surface area contributed by atoms with E-state index < -0.39 is 0 Å². The average Bonchev–Trinajstić information content (AvgIpc) is 3.03.